The molecule has 0 bridgehead atoms. The molecule has 0 fully saturated rings. The molecule has 4 rings (SSSR count). The second-order valence-corrected chi connectivity index (χ2v) is 8.31. The van der Waals surface area contributed by atoms with Gasteiger partial charge in [-0.15, -0.1) is 11.3 Å². The minimum absolute atomic E-state index is 0.0757. The van der Waals surface area contributed by atoms with Crippen LogP contribution in [0.3, 0.4) is 0 Å². The van der Waals surface area contributed by atoms with Gasteiger partial charge in [0.05, 0.1) is 28.6 Å². The Kier molecular flexibility index (Phi) is 6.43. The van der Waals surface area contributed by atoms with E-state index in [9.17, 15) is 9.18 Å². The summed E-state index contributed by atoms with van der Waals surface area (Å²) in [4.78, 5) is 20.4. The van der Waals surface area contributed by atoms with Crippen molar-refractivity contribution in [1.82, 2.24) is 9.88 Å². The molecule has 32 heavy (non-hydrogen) atoms. The van der Waals surface area contributed by atoms with Crippen molar-refractivity contribution in [2.45, 2.75) is 26.4 Å². The zero-order valence-corrected chi connectivity index (χ0v) is 18.2. The fourth-order valence-electron chi connectivity index (χ4n) is 3.35. The van der Waals surface area contributed by atoms with Gasteiger partial charge < -0.3 is 9.32 Å². The van der Waals surface area contributed by atoms with Crippen LogP contribution in [-0.2, 0) is 24.3 Å². The minimum Gasteiger partial charge on any atom is -0.440 e. The van der Waals surface area contributed by atoms with Gasteiger partial charge in [-0.2, -0.15) is 5.26 Å². The normalized spacial score (nSPS) is 10.7. The van der Waals surface area contributed by atoms with Crippen molar-refractivity contribution in [3.05, 3.63) is 100 Å². The summed E-state index contributed by atoms with van der Waals surface area (Å²) in [5.41, 5.74) is 2.71. The van der Waals surface area contributed by atoms with Crippen LogP contribution in [-0.4, -0.2) is 15.8 Å². The first-order chi connectivity index (χ1) is 15.5. The van der Waals surface area contributed by atoms with Crippen molar-refractivity contribution in [1.29, 1.82) is 5.26 Å². The van der Waals surface area contributed by atoms with Crippen LogP contribution in [0.1, 0.15) is 28.1 Å². The number of aromatic nitrogens is 1. The van der Waals surface area contributed by atoms with E-state index in [0.29, 0.717) is 35.0 Å². The molecule has 160 valence electrons. The summed E-state index contributed by atoms with van der Waals surface area (Å²) in [7, 11) is 0. The highest BCUT2D eigenvalue weighted by molar-refractivity contribution is 7.13. The van der Waals surface area contributed by atoms with Crippen LogP contribution in [0.4, 0.5) is 4.39 Å². The Morgan fingerprint density at radius 3 is 2.59 bits per heavy atom. The van der Waals surface area contributed by atoms with E-state index in [4.69, 9.17) is 9.68 Å². The third kappa shape index (κ3) is 5.10. The highest BCUT2D eigenvalue weighted by Crippen LogP contribution is 2.26. The largest absolute Gasteiger partial charge is 0.440 e. The van der Waals surface area contributed by atoms with Gasteiger partial charge in [0, 0.05) is 13.1 Å². The quantitative estimate of drug-likeness (QED) is 0.377. The molecular formula is C25H20FN3O2S. The number of rotatable bonds is 7. The fourth-order valence-corrected chi connectivity index (χ4v) is 3.99. The standard InChI is InChI=1S/C25H20FN3O2S/c1-17-22(28-25(31-17)23-6-3-11-32-23)13-24(30)29(16-20-4-2-5-21(26)12-20)15-19-9-7-18(14-27)8-10-19/h2-12H,13,15-16H2,1H3. The van der Waals surface area contributed by atoms with E-state index >= 15 is 0 Å². The van der Waals surface area contributed by atoms with E-state index in [2.05, 4.69) is 11.1 Å². The van der Waals surface area contributed by atoms with E-state index < -0.39 is 0 Å². The molecule has 2 aromatic heterocycles. The summed E-state index contributed by atoms with van der Waals surface area (Å²) in [5, 5.41) is 11.0. The molecule has 0 aliphatic rings. The molecule has 0 unspecified atom stereocenters. The second kappa shape index (κ2) is 9.58. The lowest BCUT2D eigenvalue weighted by Crippen LogP contribution is -2.31. The Morgan fingerprint density at radius 1 is 1.12 bits per heavy atom. The van der Waals surface area contributed by atoms with E-state index in [1.807, 2.05) is 29.6 Å². The zero-order valence-electron chi connectivity index (χ0n) is 17.4. The van der Waals surface area contributed by atoms with Gasteiger partial charge in [-0.25, -0.2) is 9.37 Å². The molecule has 0 aliphatic carbocycles. The van der Waals surface area contributed by atoms with Crippen LogP contribution in [0.5, 0.6) is 0 Å². The number of oxazole rings is 1. The van der Waals surface area contributed by atoms with Crippen molar-refractivity contribution in [3.63, 3.8) is 0 Å². The van der Waals surface area contributed by atoms with Crippen LogP contribution in [0.2, 0.25) is 0 Å². The molecule has 0 atom stereocenters. The number of halogens is 1. The Balaban J connectivity index is 1.56. The molecule has 0 N–H and O–H groups in total. The monoisotopic (exact) mass is 445 g/mol. The van der Waals surface area contributed by atoms with Crippen molar-refractivity contribution >= 4 is 17.2 Å². The third-order valence-electron chi connectivity index (χ3n) is 5.01. The fraction of sp³-hybridized carbons (Fsp3) is 0.160. The second-order valence-electron chi connectivity index (χ2n) is 7.36. The number of carbonyl (C=O) groups excluding carboxylic acids is 1. The molecular weight excluding hydrogens is 425 g/mol. The Bertz CT molecular complexity index is 1260. The first-order valence-corrected chi connectivity index (χ1v) is 10.9. The summed E-state index contributed by atoms with van der Waals surface area (Å²) in [5.74, 6) is 0.615. The maximum atomic E-state index is 13.7. The molecule has 7 heteroatoms. The lowest BCUT2D eigenvalue weighted by molar-refractivity contribution is -0.131. The highest BCUT2D eigenvalue weighted by Gasteiger charge is 2.20. The number of carbonyl (C=O) groups is 1. The third-order valence-corrected chi connectivity index (χ3v) is 5.87. The maximum absolute atomic E-state index is 13.7. The minimum atomic E-state index is -0.346. The average Bonchev–Trinajstić information content (AvgIpc) is 3.44. The molecule has 0 radical (unpaired) electrons. The average molecular weight is 446 g/mol. The summed E-state index contributed by atoms with van der Waals surface area (Å²) in [6.07, 6.45) is 0.0757. The summed E-state index contributed by atoms with van der Waals surface area (Å²) in [6.45, 7) is 2.38. The first kappa shape index (κ1) is 21.5. The number of hydrogen-bond donors (Lipinski definition) is 0. The molecule has 1 amide bonds. The molecule has 0 spiro atoms. The van der Waals surface area contributed by atoms with Gasteiger partial charge in [-0.1, -0.05) is 30.3 Å². The van der Waals surface area contributed by atoms with Gasteiger partial charge in [0.15, 0.2) is 0 Å². The Hall–Kier alpha value is -3.76. The van der Waals surface area contributed by atoms with Gasteiger partial charge in [0.25, 0.3) is 0 Å². The highest BCUT2D eigenvalue weighted by atomic mass is 32.1. The summed E-state index contributed by atoms with van der Waals surface area (Å²) in [6, 6.07) is 19.2. The van der Waals surface area contributed by atoms with Crippen LogP contribution in [0.15, 0.2) is 70.5 Å². The Labute approximate surface area is 189 Å². The smallest absolute Gasteiger partial charge is 0.236 e. The molecule has 2 heterocycles. The number of nitriles is 1. The molecule has 0 aliphatic heterocycles. The van der Waals surface area contributed by atoms with Crippen molar-refractivity contribution in [3.8, 4) is 16.8 Å². The summed E-state index contributed by atoms with van der Waals surface area (Å²) >= 11 is 1.52. The Morgan fingerprint density at radius 2 is 1.91 bits per heavy atom. The number of aryl methyl sites for hydroxylation is 1. The van der Waals surface area contributed by atoms with Crippen LogP contribution in [0.25, 0.3) is 10.8 Å². The molecule has 0 saturated heterocycles. The van der Waals surface area contributed by atoms with Crippen LogP contribution in [0, 0.1) is 24.1 Å². The number of nitrogens with zero attached hydrogens (tertiary/aromatic N) is 3. The van der Waals surface area contributed by atoms with E-state index in [1.54, 1.807) is 36.1 Å². The van der Waals surface area contributed by atoms with Crippen LogP contribution < -0.4 is 0 Å². The lowest BCUT2D eigenvalue weighted by Gasteiger charge is -2.23. The number of thiophene rings is 1. The van der Waals surface area contributed by atoms with E-state index in [1.165, 1.54) is 23.5 Å². The van der Waals surface area contributed by atoms with E-state index in [0.717, 1.165) is 10.4 Å². The maximum Gasteiger partial charge on any atom is 0.236 e. The zero-order chi connectivity index (χ0) is 22.5. The van der Waals surface area contributed by atoms with Crippen LogP contribution >= 0.6 is 11.3 Å². The van der Waals surface area contributed by atoms with Gasteiger partial charge in [-0.05, 0) is 53.8 Å². The van der Waals surface area contributed by atoms with Crippen molar-refractivity contribution in [2.75, 3.05) is 0 Å². The SMILES string of the molecule is Cc1oc(-c2cccs2)nc1CC(=O)N(Cc1ccc(C#N)cc1)Cc1cccc(F)c1. The van der Waals surface area contributed by atoms with Crippen molar-refractivity contribution < 1.29 is 13.6 Å². The predicted molar refractivity (Wildman–Crippen MR) is 120 cm³/mol. The molecule has 0 saturated carbocycles. The predicted octanol–water partition coefficient (Wildman–Crippen LogP) is 5.49. The van der Waals surface area contributed by atoms with E-state index in [-0.39, 0.29) is 24.7 Å². The molecule has 2 aromatic carbocycles. The lowest BCUT2D eigenvalue weighted by atomic mass is 10.1. The van der Waals surface area contributed by atoms with Gasteiger partial charge in [0.1, 0.15) is 11.6 Å². The molecule has 5 nitrogen and oxygen atoms in total. The number of benzene rings is 2. The van der Waals surface area contributed by atoms with Gasteiger partial charge in [0.2, 0.25) is 11.8 Å². The first-order valence-electron chi connectivity index (χ1n) is 10.0. The number of amides is 1. The molecule has 4 aromatic rings. The van der Waals surface area contributed by atoms with Gasteiger partial charge >= 0.3 is 0 Å². The number of hydrogen-bond acceptors (Lipinski definition) is 5. The van der Waals surface area contributed by atoms with Gasteiger partial charge in [-0.3, -0.25) is 4.79 Å². The van der Waals surface area contributed by atoms with Crippen molar-refractivity contribution in [2.24, 2.45) is 0 Å². The topological polar surface area (TPSA) is 70.1 Å². The summed E-state index contributed by atoms with van der Waals surface area (Å²) < 4.78 is 19.5.